The van der Waals surface area contributed by atoms with Crippen molar-refractivity contribution in [3.63, 3.8) is 0 Å². The van der Waals surface area contributed by atoms with Gasteiger partial charge in [-0.2, -0.15) is 5.10 Å². The second kappa shape index (κ2) is 6.63. The van der Waals surface area contributed by atoms with Crippen LogP contribution < -0.4 is 5.32 Å². The number of nitrogens with zero attached hydrogens (tertiary/aromatic N) is 3. The molecular weight excluding hydrogens is 368 g/mol. The van der Waals surface area contributed by atoms with Crippen LogP contribution in [0.1, 0.15) is 45.5 Å². The molecule has 0 radical (unpaired) electrons. The molecule has 2 aromatic carbocycles. The van der Waals surface area contributed by atoms with E-state index < -0.39 is 0 Å². The number of rotatable bonds is 2. The van der Waals surface area contributed by atoms with Crippen LogP contribution in [0, 0.1) is 41.5 Å². The molecule has 0 aliphatic carbocycles. The van der Waals surface area contributed by atoms with E-state index in [0.717, 1.165) is 11.4 Å². The quantitative estimate of drug-likeness (QED) is 0.440. The van der Waals surface area contributed by atoms with Crippen LogP contribution in [-0.2, 0) is 0 Å². The van der Waals surface area contributed by atoms with E-state index in [9.17, 15) is 0 Å². The topological polar surface area (TPSA) is 34.8 Å². The molecule has 30 heavy (non-hydrogen) atoms. The molecule has 1 atom stereocenters. The molecule has 0 saturated heterocycles. The Balaban J connectivity index is 1.68. The van der Waals surface area contributed by atoms with Crippen LogP contribution in [0.3, 0.4) is 0 Å². The van der Waals surface area contributed by atoms with Gasteiger partial charge in [-0.05, 0) is 77.4 Å². The Labute approximate surface area is 178 Å². The average molecular weight is 397 g/mol. The molecule has 5 rings (SSSR count). The van der Waals surface area contributed by atoms with E-state index in [1.807, 2.05) is 0 Å². The zero-order valence-corrected chi connectivity index (χ0v) is 18.5. The average Bonchev–Trinajstić information content (AvgIpc) is 3.22. The minimum absolute atomic E-state index is 0.0328. The molecular formula is C26H28N4. The van der Waals surface area contributed by atoms with Crippen LogP contribution in [0.5, 0.6) is 0 Å². The lowest BCUT2D eigenvalue weighted by atomic mass is 10.0. The molecule has 4 aromatic rings. The summed E-state index contributed by atoms with van der Waals surface area (Å²) in [6.07, 6.45) is -0.0328. The third-order valence-electron chi connectivity index (χ3n) is 6.20. The molecule has 0 saturated carbocycles. The molecule has 1 unspecified atom stereocenters. The summed E-state index contributed by atoms with van der Waals surface area (Å²) in [5, 5.41) is 8.62. The Kier molecular flexibility index (Phi) is 4.14. The van der Waals surface area contributed by atoms with Gasteiger partial charge in [-0.1, -0.05) is 29.3 Å². The van der Waals surface area contributed by atoms with Gasteiger partial charge in [0.25, 0.3) is 0 Å². The highest BCUT2D eigenvalue weighted by Crippen LogP contribution is 2.40. The summed E-state index contributed by atoms with van der Waals surface area (Å²) in [6.45, 7) is 12.9. The van der Waals surface area contributed by atoms with Crippen molar-refractivity contribution in [2.45, 2.75) is 47.7 Å². The highest BCUT2D eigenvalue weighted by atomic mass is 15.4. The van der Waals surface area contributed by atoms with Gasteiger partial charge in [0.15, 0.2) is 0 Å². The molecule has 2 aromatic heterocycles. The molecule has 1 aliphatic heterocycles. The van der Waals surface area contributed by atoms with Crippen molar-refractivity contribution in [2.75, 3.05) is 5.32 Å². The summed E-state index contributed by atoms with van der Waals surface area (Å²) in [4.78, 5) is 0. The monoisotopic (exact) mass is 396 g/mol. The Morgan fingerprint density at radius 1 is 0.833 bits per heavy atom. The number of hydrogen-bond acceptors (Lipinski definition) is 2. The molecule has 4 nitrogen and oxygen atoms in total. The lowest BCUT2D eigenvalue weighted by Crippen LogP contribution is -2.26. The molecule has 152 valence electrons. The van der Waals surface area contributed by atoms with E-state index in [0.29, 0.717) is 0 Å². The van der Waals surface area contributed by atoms with Gasteiger partial charge in [0.2, 0.25) is 0 Å². The first-order valence-electron chi connectivity index (χ1n) is 10.5. The van der Waals surface area contributed by atoms with Crippen LogP contribution in [0.25, 0.3) is 16.9 Å². The van der Waals surface area contributed by atoms with Crippen molar-refractivity contribution >= 4 is 5.69 Å². The van der Waals surface area contributed by atoms with Crippen molar-refractivity contribution in [1.82, 2.24) is 14.3 Å². The minimum Gasteiger partial charge on any atom is -0.359 e. The molecule has 1 N–H and O–H groups in total. The summed E-state index contributed by atoms with van der Waals surface area (Å²) >= 11 is 0. The van der Waals surface area contributed by atoms with Gasteiger partial charge < -0.3 is 9.88 Å². The Morgan fingerprint density at radius 3 is 2.33 bits per heavy atom. The maximum absolute atomic E-state index is 4.86. The van der Waals surface area contributed by atoms with Gasteiger partial charge in [-0.3, -0.25) is 0 Å². The molecule has 1 aliphatic rings. The number of aromatic nitrogens is 3. The van der Waals surface area contributed by atoms with Crippen LogP contribution >= 0.6 is 0 Å². The van der Waals surface area contributed by atoms with Crippen molar-refractivity contribution < 1.29 is 0 Å². The van der Waals surface area contributed by atoms with Gasteiger partial charge in [-0.25, -0.2) is 4.68 Å². The summed E-state index contributed by atoms with van der Waals surface area (Å²) in [5.74, 6) is 0. The Morgan fingerprint density at radius 2 is 1.57 bits per heavy atom. The highest BCUT2D eigenvalue weighted by molar-refractivity contribution is 5.79. The SMILES string of the molecule is Cc1ccc(-n2c(C)cc(C3Nc4ccc(C)cc4-c4cc(C)nn43)c2C)c(C)c1. The van der Waals surface area contributed by atoms with Crippen molar-refractivity contribution in [1.29, 1.82) is 0 Å². The summed E-state index contributed by atoms with van der Waals surface area (Å²) in [7, 11) is 0. The first kappa shape index (κ1) is 18.7. The van der Waals surface area contributed by atoms with Crippen molar-refractivity contribution in [2.24, 2.45) is 0 Å². The van der Waals surface area contributed by atoms with Crippen molar-refractivity contribution in [3.05, 3.63) is 87.9 Å². The predicted molar refractivity (Wildman–Crippen MR) is 124 cm³/mol. The molecule has 0 spiro atoms. The Bertz CT molecular complexity index is 1290. The Hall–Kier alpha value is -3.27. The van der Waals surface area contributed by atoms with E-state index >= 15 is 0 Å². The third-order valence-corrected chi connectivity index (χ3v) is 6.20. The molecule has 0 bridgehead atoms. The van der Waals surface area contributed by atoms with Gasteiger partial charge in [0.1, 0.15) is 6.17 Å². The van der Waals surface area contributed by atoms with Crippen LogP contribution in [0.15, 0.2) is 48.5 Å². The van der Waals surface area contributed by atoms with Crippen LogP contribution in [-0.4, -0.2) is 14.3 Å². The maximum atomic E-state index is 4.86. The third kappa shape index (κ3) is 2.78. The second-order valence-corrected chi connectivity index (χ2v) is 8.66. The number of benzene rings is 2. The zero-order chi connectivity index (χ0) is 21.2. The minimum atomic E-state index is -0.0328. The molecule has 4 heteroatoms. The number of hydrogen-bond donors (Lipinski definition) is 1. The highest BCUT2D eigenvalue weighted by Gasteiger charge is 2.29. The second-order valence-electron chi connectivity index (χ2n) is 8.66. The molecule has 0 amide bonds. The maximum Gasteiger partial charge on any atom is 0.149 e. The summed E-state index contributed by atoms with van der Waals surface area (Å²) in [5.41, 5.74) is 13.4. The number of anilines is 1. The summed E-state index contributed by atoms with van der Waals surface area (Å²) in [6, 6.07) is 17.7. The fraction of sp³-hybridized carbons (Fsp3) is 0.269. The standard InChI is InChI=1S/C26H28N4/c1-15-8-10-24(17(3)11-15)29-19(5)14-21(20(29)6)26-27-23-9-7-16(2)12-22(23)25-13-18(4)28-30(25)26/h7-14,26-27H,1-6H3. The first-order chi connectivity index (χ1) is 14.3. The van der Waals surface area contributed by atoms with E-state index in [2.05, 4.69) is 105 Å². The smallest absolute Gasteiger partial charge is 0.149 e. The fourth-order valence-electron chi connectivity index (χ4n) is 4.82. The van der Waals surface area contributed by atoms with E-state index in [4.69, 9.17) is 5.10 Å². The lowest BCUT2D eigenvalue weighted by Gasteiger charge is -2.29. The number of fused-ring (bicyclic) bond motifs is 3. The largest absolute Gasteiger partial charge is 0.359 e. The van der Waals surface area contributed by atoms with E-state index in [1.54, 1.807) is 0 Å². The molecule has 3 heterocycles. The van der Waals surface area contributed by atoms with Crippen molar-refractivity contribution in [3.8, 4) is 16.9 Å². The van der Waals surface area contributed by atoms with Gasteiger partial charge in [0, 0.05) is 33.9 Å². The normalized spacial score (nSPS) is 14.9. The zero-order valence-electron chi connectivity index (χ0n) is 18.5. The van der Waals surface area contributed by atoms with Gasteiger partial charge in [0.05, 0.1) is 11.4 Å². The molecule has 0 fully saturated rings. The van der Waals surface area contributed by atoms with Crippen LogP contribution in [0.4, 0.5) is 5.69 Å². The summed E-state index contributed by atoms with van der Waals surface area (Å²) < 4.78 is 4.51. The lowest BCUT2D eigenvalue weighted by molar-refractivity contribution is 0.568. The van der Waals surface area contributed by atoms with Gasteiger partial charge in [-0.15, -0.1) is 0 Å². The van der Waals surface area contributed by atoms with E-state index in [-0.39, 0.29) is 6.17 Å². The predicted octanol–water partition coefficient (Wildman–Crippen LogP) is 6.16. The number of nitrogens with one attached hydrogen (secondary N) is 1. The number of aryl methyl sites for hydroxylation is 5. The van der Waals surface area contributed by atoms with E-state index in [1.165, 1.54) is 50.6 Å². The van der Waals surface area contributed by atoms with Gasteiger partial charge >= 0.3 is 0 Å². The first-order valence-corrected chi connectivity index (χ1v) is 10.5. The van der Waals surface area contributed by atoms with Crippen LogP contribution in [0.2, 0.25) is 0 Å². The fourth-order valence-corrected chi connectivity index (χ4v) is 4.82.